The lowest BCUT2D eigenvalue weighted by Crippen LogP contribution is -2.50. The molecular weight excluding hydrogens is 582 g/mol. The molecule has 260 valence electrons. The number of rotatable bonds is 28. The van der Waals surface area contributed by atoms with Crippen molar-refractivity contribution in [2.45, 2.75) is 109 Å². The average molecular weight is 645 g/mol. The molecule has 0 spiro atoms. The highest BCUT2D eigenvalue weighted by Crippen LogP contribution is 2.10. The van der Waals surface area contributed by atoms with Gasteiger partial charge in [0.15, 0.2) is 12.1 Å². The van der Waals surface area contributed by atoms with Gasteiger partial charge < -0.3 is 23.8 Å². The zero-order valence-corrected chi connectivity index (χ0v) is 29.2. The number of carbonyl (C=O) groups is 3. The van der Waals surface area contributed by atoms with E-state index in [0.29, 0.717) is 19.3 Å². The van der Waals surface area contributed by atoms with Crippen LogP contribution in [-0.2, 0) is 28.6 Å². The number of allylic oxidation sites excluding steroid dienone is 12. The minimum absolute atomic E-state index is 0.0205. The molecule has 0 fully saturated rings. The van der Waals surface area contributed by atoms with E-state index in [-0.39, 0.29) is 49.1 Å². The molecule has 0 aromatic rings. The molecule has 1 N–H and O–H groups in total. The number of hydrogen-bond donors (Lipinski definition) is 1. The summed E-state index contributed by atoms with van der Waals surface area (Å²) in [6.45, 7) is 4.33. The number of ether oxygens (including phenoxy) is 3. The minimum atomic E-state index is -0.895. The van der Waals surface area contributed by atoms with Crippen molar-refractivity contribution in [3.05, 3.63) is 72.9 Å². The lowest BCUT2D eigenvalue weighted by atomic mass is 10.1. The van der Waals surface area contributed by atoms with Gasteiger partial charge in [0, 0.05) is 19.3 Å². The Hall–Kier alpha value is -3.23. The van der Waals surface area contributed by atoms with Gasteiger partial charge in [0.25, 0.3) is 0 Å². The summed E-state index contributed by atoms with van der Waals surface area (Å²) in [6, 6.07) is -0.631. The Labute approximate surface area is 279 Å². The van der Waals surface area contributed by atoms with Crippen LogP contribution in [0.2, 0.25) is 0 Å². The van der Waals surface area contributed by atoms with E-state index in [4.69, 9.17) is 14.2 Å². The summed E-state index contributed by atoms with van der Waals surface area (Å²) < 4.78 is 17.0. The average Bonchev–Trinajstić information content (AvgIpc) is 3.00. The predicted molar refractivity (Wildman–Crippen MR) is 187 cm³/mol. The second-order valence-corrected chi connectivity index (χ2v) is 12.0. The molecule has 2 atom stereocenters. The fraction of sp³-hybridized carbons (Fsp3) is 0.605. The molecule has 0 aliphatic rings. The van der Waals surface area contributed by atoms with E-state index in [0.717, 1.165) is 51.4 Å². The quantitative estimate of drug-likeness (QED) is 0.0398. The van der Waals surface area contributed by atoms with Gasteiger partial charge in [-0.15, -0.1) is 0 Å². The van der Waals surface area contributed by atoms with Crippen molar-refractivity contribution >= 4 is 17.9 Å². The van der Waals surface area contributed by atoms with Crippen molar-refractivity contribution in [1.29, 1.82) is 0 Å². The first-order valence-corrected chi connectivity index (χ1v) is 17.0. The standard InChI is InChI=1S/C38H61NO7/c1-6-8-10-12-14-16-18-20-22-24-26-28-36(40)45-33-34(32-44-31-30-35(38(42)43)39(3,4)5)46-37(41)29-27-25-23-21-19-17-15-13-11-9-7-2/h8-11,14-17,20-23,34-35H,6-7,12-13,18-19,24-33H2,1-5H3/p+1/b10-8+,11-9+,16-14+,17-15+,22-20+,23-21+. The van der Waals surface area contributed by atoms with Crippen LogP contribution in [0.25, 0.3) is 0 Å². The number of esters is 2. The third-order valence-corrected chi connectivity index (χ3v) is 6.85. The Kier molecular flexibility index (Phi) is 27.1. The van der Waals surface area contributed by atoms with Gasteiger partial charge in [0.1, 0.15) is 6.61 Å². The van der Waals surface area contributed by atoms with Crippen molar-refractivity contribution in [3.8, 4) is 0 Å². The van der Waals surface area contributed by atoms with Gasteiger partial charge in [-0.1, -0.05) is 86.8 Å². The molecule has 0 aromatic heterocycles. The Morgan fingerprint density at radius 1 is 0.652 bits per heavy atom. The van der Waals surface area contributed by atoms with E-state index in [9.17, 15) is 19.5 Å². The molecule has 0 amide bonds. The molecule has 0 aliphatic carbocycles. The molecule has 0 radical (unpaired) electrons. The second-order valence-electron chi connectivity index (χ2n) is 12.0. The number of quaternary nitrogens is 1. The molecule has 0 bridgehead atoms. The first-order chi connectivity index (χ1) is 22.1. The topological polar surface area (TPSA) is 99.1 Å². The monoisotopic (exact) mass is 644 g/mol. The van der Waals surface area contributed by atoms with Gasteiger partial charge in [0.05, 0.1) is 34.4 Å². The van der Waals surface area contributed by atoms with E-state index in [1.807, 2.05) is 21.1 Å². The molecule has 0 aromatic carbocycles. The number of aliphatic carboxylic acids is 1. The Bertz CT molecular complexity index is 985. The van der Waals surface area contributed by atoms with E-state index in [1.165, 1.54) is 0 Å². The Morgan fingerprint density at radius 3 is 1.57 bits per heavy atom. The summed E-state index contributed by atoms with van der Waals surface area (Å²) in [5.74, 6) is -1.63. The van der Waals surface area contributed by atoms with Gasteiger partial charge in [-0.2, -0.15) is 0 Å². The molecular formula is C38H62NO7+. The molecule has 0 saturated heterocycles. The van der Waals surface area contributed by atoms with E-state index < -0.39 is 18.1 Å². The fourth-order valence-corrected chi connectivity index (χ4v) is 4.25. The molecule has 8 nitrogen and oxygen atoms in total. The zero-order valence-electron chi connectivity index (χ0n) is 29.2. The smallest absolute Gasteiger partial charge is 0.362 e. The SMILES string of the molecule is CC/C=C/C/C=C/C/C=C/CCCC(=O)OCC(COCCC(C(=O)O)[N+](C)(C)C)OC(=O)CCC/C=C/C/C=C/C/C=C/CC. The number of hydrogen-bond acceptors (Lipinski definition) is 6. The largest absolute Gasteiger partial charge is 0.477 e. The third kappa shape index (κ3) is 27.1. The first-order valence-electron chi connectivity index (χ1n) is 17.0. The minimum Gasteiger partial charge on any atom is -0.477 e. The Balaban J connectivity index is 4.66. The molecule has 0 rings (SSSR count). The number of nitrogens with zero attached hydrogens (tertiary/aromatic N) is 1. The van der Waals surface area contributed by atoms with Crippen LogP contribution in [0.5, 0.6) is 0 Å². The lowest BCUT2D eigenvalue weighted by molar-refractivity contribution is -0.887. The highest BCUT2D eigenvalue weighted by Gasteiger charge is 2.31. The number of unbranched alkanes of at least 4 members (excludes halogenated alkanes) is 2. The van der Waals surface area contributed by atoms with Crippen LogP contribution in [0.15, 0.2) is 72.9 Å². The molecule has 2 unspecified atom stereocenters. The molecule has 0 aliphatic heterocycles. The number of carbonyl (C=O) groups excluding carboxylic acids is 2. The first kappa shape index (κ1) is 42.8. The second kappa shape index (κ2) is 29.2. The van der Waals surface area contributed by atoms with Gasteiger partial charge in [0.2, 0.25) is 0 Å². The van der Waals surface area contributed by atoms with Gasteiger partial charge in [-0.05, 0) is 64.2 Å². The van der Waals surface area contributed by atoms with Gasteiger partial charge in [-0.25, -0.2) is 4.79 Å². The number of carboxylic acid groups (broad SMARTS) is 1. The maximum atomic E-state index is 12.5. The summed E-state index contributed by atoms with van der Waals surface area (Å²) in [5.41, 5.74) is 0. The van der Waals surface area contributed by atoms with Crippen LogP contribution in [0.4, 0.5) is 0 Å². The highest BCUT2D eigenvalue weighted by atomic mass is 16.6. The van der Waals surface area contributed by atoms with Crippen molar-refractivity contribution < 1.29 is 38.2 Å². The molecule has 8 heteroatoms. The van der Waals surface area contributed by atoms with Crippen LogP contribution in [0.1, 0.15) is 97.3 Å². The zero-order chi connectivity index (χ0) is 34.3. The van der Waals surface area contributed by atoms with Crippen LogP contribution in [0.3, 0.4) is 0 Å². The molecule has 0 saturated carbocycles. The maximum absolute atomic E-state index is 12.5. The molecule has 46 heavy (non-hydrogen) atoms. The van der Waals surface area contributed by atoms with Crippen LogP contribution in [-0.4, -0.2) is 80.6 Å². The Morgan fingerprint density at radius 2 is 1.11 bits per heavy atom. The van der Waals surface area contributed by atoms with E-state index in [2.05, 4.69) is 86.8 Å². The predicted octanol–water partition coefficient (Wildman–Crippen LogP) is 8.07. The van der Waals surface area contributed by atoms with Crippen molar-refractivity contribution in [2.75, 3.05) is 41.0 Å². The van der Waals surface area contributed by atoms with Crippen LogP contribution < -0.4 is 0 Å². The van der Waals surface area contributed by atoms with E-state index >= 15 is 0 Å². The lowest BCUT2D eigenvalue weighted by Gasteiger charge is -2.31. The van der Waals surface area contributed by atoms with Crippen LogP contribution in [0, 0.1) is 0 Å². The summed E-state index contributed by atoms with van der Waals surface area (Å²) in [6.07, 6.45) is 34.0. The summed E-state index contributed by atoms with van der Waals surface area (Å²) >= 11 is 0. The van der Waals surface area contributed by atoms with E-state index in [1.54, 1.807) is 0 Å². The molecule has 0 heterocycles. The number of likely N-dealkylation sites (N-methyl/N-ethyl adjacent to an activating group) is 1. The summed E-state index contributed by atoms with van der Waals surface area (Å²) in [5, 5.41) is 9.55. The number of carboxylic acids is 1. The van der Waals surface area contributed by atoms with Gasteiger partial charge >= 0.3 is 17.9 Å². The summed E-state index contributed by atoms with van der Waals surface area (Å²) in [4.78, 5) is 36.5. The van der Waals surface area contributed by atoms with Crippen molar-refractivity contribution in [2.24, 2.45) is 0 Å². The third-order valence-electron chi connectivity index (χ3n) is 6.85. The van der Waals surface area contributed by atoms with Crippen molar-refractivity contribution in [1.82, 2.24) is 0 Å². The highest BCUT2D eigenvalue weighted by molar-refractivity contribution is 5.72. The maximum Gasteiger partial charge on any atom is 0.362 e. The summed E-state index contributed by atoms with van der Waals surface area (Å²) in [7, 11) is 5.46. The van der Waals surface area contributed by atoms with Crippen molar-refractivity contribution in [3.63, 3.8) is 0 Å². The van der Waals surface area contributed by atoms with Crippen LogP contribution >= 0.6 is 0 Å². The normalized spacial score (nSPS) is 14.0. The van der Waals surface area contributed by atoms with Gasteiger partial charge in [-0.3, -0.25) is 9.59 Å². The fourth-order valence-electron chi connectivity index (χ4n) is 4.25.